The first-order valence-electron chi connectivity index (χ1n) is 6.30. The molecule has 3 heterocycles. The quantitative estimate of drug-likeness (QED) is 0.863. The fourth-order valence-electron chi connectivity index (χ4n) is 2.50. The number of rotatable bonds is 2. The maximum absolute atomic E-state index is 12.6. The molecule has 7 heteroatoms. The molecule has 0 radical (unpaired) electrons. The van der Waals surface area contributed by atoms with Gasteiger partial charge in [0, 0.05) is 17.6 Å². The third-order valence-electron chi connectivity index (χ3n) is 3.45. The Hall–Kier alpha value is -1.92. The van der Waals surface area contributed by atoms with Crippen molar-refractivity contribution in [3.8, 4) is 0 Å². The van der Waals surface area contributed by atoms with Gasteiger partial charge in [-0.1, -0.05) is 11.6 Å². The second-order valence-corrected chi connectivity index (χ2v) is 5.99. The first kappa shape index (κ1) is 14.0. The van der Waals surface area contributed by atoms with Gasteiger partial charge in [0.25, 0.3) is 5.91 Å². The fourth-order valence-corrected chi connectivity index (χ4v) is 3.61. The Morgan fingerprint density at radius 3 is 2.95 bits per heavy atom. The summed E-state index contributed by atoms with van der Waals surface area (Å²) in [4.78, 5) is 30.5. The number of thiophene rings is 1. The summed E-state index contributed by atoms with van der Waals surface area (Å²) >= 11 is 7.46. The van der Waals surface area contributed by atoms with E-state index in [2.05, 4.69) is 4.98 Å². The van der Waals surface area contributed by atoms with Crippen LogP contribution in [-0.2, 0) is 11.2 Å². The average Bonchev–Trinajstić information content (AvgIpc) is 2.94. The summed E-state index contributed by atoms with van der Waals surface area (Å²) in [7, 11) is 0. The summed E-state index contributed by atoms with van der Waals surface area (Å²) in [6.45, 7) is 0.356. The molecular weight excluding hydrogens is 312 g/mol. The van der Waals surface area contributed by atoms with Gasteiger partial charge in [-0.25, -0.2) is 9.78 Å². The van der Waals surface area contributed by atoms with Gasteiger partial charge in [0.2, 0.25) is 0 Å². The lowest BCUT2D eigenvalue weighted by Gasteiger charge is -2.33. The number of aromatic nitrogens is 1. The Morgan fingerprint density at radius 1 is 1.43 bits per heavy atom. The zero-order valence-corrected chi connectivity index (χ0v) is 12.4. The normalized spacial score (nSPS) is 17.4. The van der Waals surface area contributed by atoms with E-state index < -0.39 is 17.9 Å². The number of carboxylic acids is 1. The fraction of sp³-hybridized carbons (Fsp3) is 0.214. The number of carbonyl (C=O) groups excluding carboxylic acids is 1. The second kappa shape index (κ2) is 5.46. The number of hydrogen-bond acceptors (Lipinski definition) is 4. The Labute approximate surface area is 129 Å². The highest BCUT2D eigenvalue weighted by molar-refractivity contribution is 7.10. The first-order chi connectivity index (χ1) is 10.1. The van der Waals surface area contributed by atoms with E-state index in [4.69, 9.17) is 11.6 Å². The predicted molar refractivity (Wildman–Crippen MR) is 78.7 cm³/mol. The highest BCUT2D eigenvalue weighted by atomic mass is 35.5. The Balaban J connectivity index is 2.00. The molecule has 0 spiro atoms. The van der Waals surface area contributed by atoms with E-state index in [0.717, 1.165) is 4.88 Å². The van der Waals surface area contributed by atoms with Crippen LogP contribution >= 0.6 is 22.9 Å². The van der Waals surface area contributed by atoms with Crippen molar-refractivity contribution in [2.24, 2.45) is 0 Å². The van der Waals surface area contributed by atoms with Crippen molar-refractivity contribution in [2.75, 3.05) is 6.54 Å². The minimum absolute atomic E-state index is 0.0859. The van der Waals surface area contributed by atoms with Gasteiger partial charge in [-0.3, -0.25) is 4.79 Å². The molecule has 2 aromatic rings. The molecular formula is C14H11ClN2O3S. The third kappa shape index (κ3) is 2.41. The van der Waals surface area contributed by atoms with Crippen LogP contribution in [0.15, 0.2) is 29.8 Å². The van der Waals surface area contributed by atoms with Crippen LogP contribution in [0.3, 0.4) is 0 Å². The monoisotopic (exact) mass is 322 g/mol. The zero-order chi connectivity index (χ0) is 15.0. The Morgan fingerprint density at radius 2 is 2.24 bits per heavy atom. The van der Waals surface area contributed by atoms with Crippen LogP contribution in [0.1, 0.15) is 26.8 Å². The minimum atomic E-state index is -1.04. The molecule has 0 saturated heterocycles. The van der Waals surface area contributed by atoms with Crippen LogP contribution in [0.2, 0.25) is 5.15 Å². The topological polar surface area (TPSA) is 70.5 Å². The number of halogens is 1. The van der Waals surface area contributed by atoms with Crippen molar-refractivity contribution < 1.29 is 14.7 Å². The van der Waals surface area contributed by atoms with Crippen molar-refractivity contribution in [1.82, 2.24) is 9.88 Å². The molecule has 1 N–H and O–H groups in total. The molecule has 0 fully saturated rings. The first-order valence-corrected chi connectivity index (χ1v) is 7.56. The molecule has 5 nitrogen and oxygen atoms in total. The van der Waals surface area contributed by atoms with Gasteiger partial charge < -0.3 is 10.0 Å². The van der Waals surface area contributed by atoms with Crippen LogP contribution < -0.4 is 0 Å². The van der Waals surface area contributed by atoms with Gasteiger partial charge in [-0.05, 0) is 35.6 Å². The van der Waals surface area contributed by atoms with Gasteiger partial charge >= 0.3 is 5.97 Å². The van der Waals surface area contributed by atoms with Gasteiger partial charge in [0.05, 0.1) is 5.56 Å². The smallest absolute Gasteiger partial charge is 0.331 e. The minimum Gasteiger partial charge on any atom is -0.479 e. The van der Waals surface area contributed by atoms with Crippen molar-refractivity contribution in [1.29, 1.82) is 0 Å². The molecule has 21 heavy (non-hydrogen) atoms. The molecule has 2 aromatic heterocycles. The molecule has 1 amide bonds. The summed E-state index contributed by atoms with van der Waals surface area (Å²) in [5.41, 5.74) is 0.913. The second-order valence-electron chi connectivity index (χ2n) is 4.63. The van der Waals surface area contributed by atoms with E-state index in [1.165, 1.54) is 22.4 Å². The van der Waals surface area contributed by atoms with Crippen LogP contribution in [-0.4, -0.2) is 33.4 Å². The van der Waals surface area contributed by atoms with E-state index in [1.807, 2.05) is 5.38 Å². The molecule has 0 saturated carbocycles. The Bertz CT molecular complexity index is 716. The van der Waals surface area contributed by atoms with Crippen LogP contribution in [0.4, 0.5) is 0 Å². The van der Waals surface area contributed by atoms with E-state index in [9.17, 15) is 14.7 Å². The number of aliphatic carboxylic acids is 1. The number of pyridine rings is 1. The average molecular weight is 323 g/mol. The number of carbonyl (C=O) groups is 2. The highest BCUT2D eigenvalue weighted by Crippen LogP contribution is 2.34. The third-order valence-corrected chi connectivity index (χ3v) is 4.75. The maximum Gasteiger partial charge on any atom is 0.331 e. The van der Waals surface area contributed by atoms with Crippen molar-refractivity contribution in [3.05, 3.63) is 50.9 Å². The number of nitrogens with zero attached hydrogens (tertiary/aromatic N) is 2. The lowest BCUT2D eigenvalue weighted by Crippen LogP contribution is -2.43. The van der Waals surface area contributed by atoms with Crippen molar-refractivity contribution in [2.45, 2.75) is 12.5 Å². The zero-order valence-electron chi connectivity index (χ0n) is 10.8. The van der Waals surface area contributed by atoms with E-state index >= 15 is 0 Å². The number of hydrogen-bond donors (Lipinski definition) is 1. The molecule has 1 unspecified atom stereocenters. The Kier molecular flexibility index (Phi) is 3.65. The lowest BCUT2D eigenvalue weighted by molar-refractivity contribution is -0.142. The summed E-state index contributed by atoms with van der Waals surface area (Å²) in [5.74, 6) is -1.44. The molecule has 0 bridgehead atoms. The molecule has 108 valence electrons. The van der Waals surface area contributed by atoms with Gasteiger partial charge in [0.15, 0.2) is 6.04 Å². The van der Waals surface area contributed by atoms with Crippen LogP contribution in [0.25, 0.3) is 0 Å². The van der Waals surface area contributed by atoms with Gasteiger partial charge in [-0.2, -0.15) is 0 Å². The van der Waals surface area contributed by atoms with Crippen molar-refractivity contribution in [3.63, 3.8) is 0 Å². The molecule has 0 aromatic carbocycles. The standard InChI is InChI=1S/C14H11ClN2O3S/c15-12-9(2-1-5-16-12)13(18)17-6-3-10-8(4-7-21-10)11(17)14(19)20/h1-2,4-5,7,11H,3,6H2,(H,19,20). The molecule has 1 aliphatic heterocycles. The molecule has 1 atom stereocenters. The maximum atomic E-state index is 12.6. The summed E-state index contributed by atoms with van der Waals surface area (Å²) in [6.07, 6.45) is 2.14. The lowest BCUT2D eigenvalue weighted by atomic mass is 9.99. The number of amides is 1. The van der Waals surface area contributed by atoms with Gasteiger partial charge in [0.1, 0.15) is 5.15 Å². The van der Waals surface area contributed by atoms with E-state index in [0.29, 0.717) is 18.5 Å². The number of fused-ring (bicyclic) bond motifs is 1. The molecule has 0 aliphatic carbocycles. The SMILES string of the molecule is O=C(O)C1c2ccsc2CCN1C(=O)c1cccnc1Cl. The number of carboxylic acid groups (broad SMARTS) is 1. The molecule has 3 rings (SSSR count). The predicted octanol–water partition coefficient (Wildman–Crippen LogP) is 2.62. The largest absolute Gasteiger partial charge is 0.479 e. The van der Waals surface area contributed by atoms with Crippen LogP contribution in [0, 0.1) is 0 Å². The van der Waals surface area contributed by atoms with Crippen molar-refractivity contribution >= 4 is 34.8 Å². The van der Waals surface area contributed by atoms with Crippen LogP contribution in [0.5, 0.6) is 0 Å². The van der Waals surface area contributed by atoms with E-state index in [1.54, 1.807) is 18.2 Å². The highest BCUT2D eigenvalue weighted by Gasteiger charge is 2.37. The van der Waals surface area contributed by atoms with E-state index in [-0.39, 0.29) is 10.7 Å². The summed E-state index contributed by atoms with van der Waals surface area (Å²) in [5, 5.41) is 11.4. The molecule has 1 aliphatic rings. The van der Waals surface area contributed by atoms with Gasteiger partial charge in [-0.15, -0.1) is 11.3 Å². The summed E-state index contributed by atoms with van der Waals surface area (Å²) in [6, 6.07) is 3.96. The summed E-state index contributed by atoms with van der Waals surface area (Å²) < 4.78 is 0.